The lowest BCUT2D eigenvalue weighted by Gasteiger charge is -2.13. The minimum absolute atomic E-state index is 0.0360. The van der Waals surface area contributed by atoms with Gasteiger partial charge in [0, 0.05) is 24.8 Å². The summed E-state index contributed by atoms with van der Waals surface area (Å²) in [6.45, 7) is -0.0360. The third-order valence-electron chi connectivity index (χ3n) is 2.22. The van der Waals surface area contributed by atoms with Gasteiger partial charge in [-0.15, -0.1) is 0 Å². The summed E-state index contributed by atoms with van der Waals surface area (Å²) in [5, 5.41) is 10.7. The lowest BCUT2D eigenvalue weighted by molar-refractivity contribution is -0.384. The number of ether oxygens (including phenoxy) is 3. The van der Waals surface area contributed by atoms with Gasteiger partial charge in [-0.2, -0.15) is 0 Å². The Bertz CT molecular complexity index is 478. The van der Waals surface area contributed by atoms with Crippen LogP contribution in [0.15, 0.2) is 18.2 Å². The molecule has 0 bridgehead atoms. The molecule has 0 aromatic heterocycles. The molecule has 0 saturated heterocycles. The fraction of sp³-hybridized carbons (Fsp3) is 0.364. The van der Waals surface area contributed by atoms with Crippen molar-refractivity contribution >= 4 is 27.6 Å². The van der Waals surface area contributed by atoms with Crippen LogP contribution in [0.3, 0.4) is 0 Å². The predicted molar refractivity (Wildman–Crippen MR) is 69.3 cm³/mol. The maximum Gasteiger partial charge on any atom is 0.324 e. The Morgan fingerprint density at radius 2 is 2.16 bits per heavy atom. The van der Waals surface area contributed by atoms with E-state index < -0.39 is 15.7 Å². The third-order valence-corrected chi connectivity index (χ3v) is 3.08. The van der Waals surface area contributed by atoms with Gasteiger partial charge in [0.1, 0.15) is 10.6 Å². The summed E-state index contributed by atoms with van der Waals surface area (Å²) in [7, 11) is 2.67. The van der Waals surface area contributed by atoms with E-state index in [4.69, 9.17) is 9.47 Å². The molecule has 0 amide bonds. The zero-order valence-corrected chi connectivity index (χ0v) is 11.9. The summed E-state index contributed by atoms with van der Waals surface area (Å²) in [5.74, 6) is -0.275. The second-order valence-electron chi connectivity index (χ2n) is 3.42. The third kappa shape index (κ3) is 3.90. The zero-order valence-electron chi connectivity index (χ0n) is 10.3. The van der Waals surface area contributed by atoms with Crippen molar-refractivity contribution in [3.05, 3.63) is 33.9 Å². The minimum atomic E-state index is -0.857. The van der Waals surface area contributed by atoms with Gasteiger partial charge in [0.15, 0.2) is 6.79 Å². The Balaban J connectivity index is 3.16. The van der Waals surface area contributed by atoms with Gasteiger partial charge < -0.3 is 14.2 Å². The standard InChI is InChI=1S/C11H12BrNO6/c1-17-6-19-9-4-3-7(13(15)16)5-8(9)10(12)11(14)18-2/h3-5,10H,6H2,1-2H3. The van der Waals surface area contributed by atoms with Gasteiger partial charge in [-0.05, 0) is 6.07 Å². The highest BCUT2D eigenvalue weighted by Crippen LogP contribution is 2.35. The van der Waals surface area contributed by atoms with Crippen molar-refractivity contribution in [3.8, 4) is 5.75 Å². The molecule has 0 fully saturated rings. The van der Waals surface area contributed by atoms with Gasteiger partial charge in [-0.25, -0.2) is 0 Å². The fourth-order valence-electron chi connectivity index (χ4n) is 1.33. The van der Waals surface area contributed by atoms with Crippen LogP contribution in [-0.4, -0.2) is 31.9 Å². The normalized spacial score (nSPS) is 11.7. The van der Waals surface area contributed by atoms with E-state index in [1.807, 2.05) is 0 Å². The molecule has 0 spiro atoms. The summed E-state index contributed by atoms with van der Waals surface area (Å²) in [4.78, 5) is 20.8. The van der Waals surface area contributed by atoms with E-state index in [1.54, 1.807) is 0 Å². The van der Waals surface area contributed by atoms with Crippen molar-refractivity contribution in [3.63, 3.8) is 0 Å². The van der Waals surface area contributed by atoms with Crippen LogP contribution in [0.2, 0.25) is 0 Å². The van der Waals surface area contributed by atoms with E-state index >= 15 is 0 Å². The van der Waals surface area contributed by atoms with Crippen LogP contribution >= 0.6 is 15.9 Å². The first-order valence-electron chi connectivity index (χ1n) is 5.13. The van der Waals surface area contributed by atoms with Gasteiger partial charge in [0.05, 0.1) is 12.0 Å². The van der Waals surface area contributed by atoms with Gasteiger partial charge in [0.25, 0.3) is 5.69 Å². The largest absolute Gasteiger partial charge is 0.468 e. The molecule has 0 N–H and O–H groups in total. The molecule has 1 rings (SSSR count). The number of halogens is 1. The van der Waals surface area contributed by atoms with E-state index in [1.165, 1.54) is 32.4 Å². The first kappa shape index (κ1) is 15.4. The molecule has 0 aliphatic heterocycles. The number of hydrogen-bond acceptors (Lipinski definition) is 6. The second kappa shape index (κ2) is 7.05. The number of nitro benzene ring substituents is 1. The number of carbonyl (C=O) groups is 1. The van der Waals surface area contributed by atoms with Crippen molar-refractivity contribution in [2.24, 2.45) is 0 Å². The first-order valence-corrected chi connectivity index (χ1v) is 6.04. The lowest BCUT2D eigenvalue weighted by Crippen LogP contribution is -2.11. The van der Waals surface area contributed by atoms with Crippen LogP contribution < -0.4 is 4.74 Å². The second-order valence-corrected chi connectivity index (χ2v) is 4.33. The molecular weight excluding hydrogens is 322 g/mol. The van der Waals surface area contributed by atoms with Crippen LogP contribution in [0.5, 0.6) is 5.75 Å². The van der Waals surface area contributed by atoms with Crippen LogP contribution in [0.1, 0.15) is 10.4 Å². The predicted octanol–water partition coefficient (Wildman–Crippen LogP) is 2.19. The first-order chi connectivity index (χ1) is 9.01. The van der Waals surface area contributed by atoms with Gasteiger partial charge in [-0.1, -0.05) is 15.9 Å². The number of alkyl halides is 1. The molecule has 19 heavy (non-hydrogen) atoms. The number of non-ortho nitro benzene ring substituents is 1. The summed E-state index contributed by atoms with van der Waals surface area (Å²) < 4.78 is 14.6. The molecule has 0 aliphatic carbocycles. The SMILES string of the molecule is COCOc1ccc([N+](=O)[O-])cc1C(Br)C(=O)OC. The highest BCUT2D eigenvalue weighted by Gasteiger charge is 2.24. The van der Waals surface area contributed by atoms with Crippen molar-refractivity contribution < 1.29 is 23.9 Å². The van der Waals surface area contributed by atoms with E-state index in [2.05, 4.69) is 20.7 Å². The Morgan fingerprint density at radius 1 is 1.47 bits per heavy atom. The molecule has 0 saturated carbocycles. The number of benzene rings is 1. The Hall–Kier alpha value is -1.67. The average Bonchev–Trinajstić information content (AvgIpc) is 2.43. The fourth-order valence-corrected chi connectivity index (χ4v) is 1.88. The highest BCUT2D eigenvalue weighted by atomic mass is 79.9. The molecule has 1 atom stereocenters. The van der Waals surface area contributed by atoms with Gasteiger partial charge in [-0.3, -0.25) is 14.9 Å². The molecule has 0 heterocycles. The van der Waals surface area contributed by atoms with Crippen molar-refractivity contribution in [2.45, 2.75) is 4.83 Å². The summed E-state index contributed by atoms with van der Waals surface area (Å²) in [6.07, 6.45) is 0. The molecule has 1 aromatic carbocycles. The maximum absolute atomic E-state index is 11.5. The highest BCUT2D eigenvalue weighted by molar-refractivity contribution is 9.09. The summed E-state index contributed by atoms with van der Waals surface area (Å²) >= 11 is 3.12. The average molecular weight is 334 g/mol. The zero-order chi connectivity index (χ0) is 14.4. The number of hydrogen-bond donors (Lipinski definition) is 0. The maximum atomic E-state index is 11.5. The number of rotatable bonds is 6. The number of nitro groups is 1. The monoisotopic (exact) mass is 333 g/mol. The molecule has 1 aromatic rings. The Labute approximate surface area is 117 Å². The smallest absolute Gasteiger partial charge is 0.324 e. The van der Waals surface area contributed by atoms with Crippen molar-refractivity contribution in [1.29, 1.82) is 0 Å². The molecule has 0 radical (unpaired) electrons. The topological polar surface area (TPSA) is 87.9 Å². The molecule has 0 aliphatic rings. The Kier molecular flexibility index (Phi) is 5.71. The number of esters is 1. The Morgan fingerprint density at radius 3 is 2.68 bits per heavy atom. The van der Waals surface area contributed by atoms with Crippen molar-refractivity contribution in [1.82, 2.24) is 0 Å². The van der Waals surface area contributed by atoms with Gasteiger partial charge in [0.2, 0.25) is 0 Å². The number of nitrogens with zero attached hydrogens (tertiary/aromatic N) is 1. The van der Waals surface area contributed by atoms with Crippen LogP contribution in [0, 0.1) is 10.1 Å². The van der Waals surface area contributed by atoms with E-state index in [0.29, 0.717) is 11.3 Å². The quantitative estimate of drug-likeness (QED) is 0.260. The summed E-state index contributed by atoms with van der Waals surface area (Å²) in [6, 6.07) is 3.94. The van der Waals surface area contributed by atoms with E-state index in [0.717, 1.165) is 0 Å². The van der Waals surface area contributed by atoms with E-state index in [-0.39, 0.29) is 12.5 Å². The molecule has 7 nitrogen and oxygen atoms in total. The van der Waals surface area contributed by atoms with Crippen LogP contribution in [0.25, 0.3) is 0 Å². The minimum Gasteiger partial charge on any atom is -0.468 e. The molecule has 8 heteroatoms. The number of methoxy groups -OCH3 is 2. The molecular formula is C11H12BrNO6. The van der Waals surface area contributed by atoms with E-state index in [9.17, 15) is 14.9 Å². The van der Waals surface area contributed by atoms with Crippen LogP contribution in [0.4, 0.5) is 5.69 Å². The lowest BCUT2D eigenvalue weighted by atomic mass is 10.1. The van der Waals surface area contributed by atoms with Crippen molar-refractivity contribution in [2.75, 3.05) is 21.0 Å². The van der Waals surface area contributed by atoms with Gasteiger partial charge >= 0.3 is 5.97 Å². The molecule has 104 valence electrons. The number of carbonyl (C=O) groups excluding carboxylic acids is 1. The summed E-state index contributed by atoms with van der Waals surface area (Å²) in [5.41, 5.74) is 0.159. The van der Waals surface area contributed by atoms with Crippen LogP contribution in [-0.2, 0) is 14.3 Å². The molecule has 1 unspecified atom stereocenters.